The van der Waals surface area contributed by atoms with Gasteiger partial charge in [0.25, 0.3) is 17.3 Å². The zero-order valence-corrected chi connectivity index (χ0v) is 21.5. The Labute approximate surface area is 225 Å². The third-order valence-corrected chi connectivity index (χ3v) is 8.25. The van der Waals surface area contributed by atoms with E-state index >= 15 is 0 Å². The number of aliphatic imine (C=N–C) groups is 1. The predicted molar refractivity (Wildman–Crippen MR) is 146 cm³/mol. The van der Waals surface area contributed by atoms with Crippen LogP contribution in [0.4, 0.5) is 17.1 Å². The lowest BCUT2D eigenvalue weighted by atomic mass is 10.2. The summed E-state index contributed by atoms with van der Waals surface area (Å²) >= 11 is 9.32. The number of hydrogen-bond acceptors (Lipinski definition) is 10. The number of nitro benzene ring substituents is 2. The van der Waals surface area contributed by atoms with Crippen molar-refractivity contribution in [3.63, 3.8) is 0 Å². The van der Waals surface area contributed by atoms with Gasteiger partial charge in [-0.05, 0) is 59.8 Å². The van der Waals surface area contributed by atoms with Crippen LogP contribution in [0.5, 0.6) is 0 Å². The smallest absolute Gasteiger partial charge is 0.283 e. The number of nitrogens with one attached hydrogen (secondary N) is 1. The van der Waals surface area contributed by atoms with Crippen molar-refractivity contribution < 1.29 is 14.6 Å². The van der Waals surface area contributed by atoms with Crippen LogP contribution in [0.1, 0.15) is 5.56 Å². The van der Waals surface area contributed by atoms with Crippen LogP contribution in [0.2, 0.25) is 5.02 Å². The number of amides is 1. The number of nitrogens with zero attached hydrogens (tertiary/aromatic N) is 4. The lowest BCUT2D eigenvalue weighted by molar-refractivity contribution is -0.387. The molecule has 1 N–H and O–H groups in total. The van der Waals surface area contributed by atoms with E-state index in [1.54, 1.807) is 48.5 Å². The van der Waals surface area contributed by atoms with Gasteiger partial charge in [-0.1, -0.05) is 29.4 Å². The minimum atomic E-state index is -0.502. The molecule has 0 saturated carbocycles. The van der Waals surface area contributed by atoms with Crippen molar-refractivity contribution in [3.8, 4) is 0 Å². The maximum absolute atomic E-state index is 12.4. The van der Waals surface area contributed by atoms with Gasteiger partial charge in [0.2, 0.25) is 0 Å². The number of fused-ring (bicyclic) bond motifs is 1. The van der Waals surface area contributed by atoms with Crippen LogP contribution < -0.4 is 5.32 Å². The van der Waals surface area contributed by atoms with Gasteiger partial charge in [0.15, 0.2) is 9.51 Å². The first-order chi connectivity index (χ1) is 17.7. The summed E-state index contributed by atoms with van der Waals surface area (Å²) in [5.41, 5.74) is 1.47. The maximum atomic E-state index is 12.4. The Balaban J connectivity index is 1.39. The van der Waals surface area contributed by atoms with Crippen LogP contribution in [-0.4, -0.2) is 25.9 Å². The summed E-state index contributed by atoms with van der Waals surface area (Å²) in [4.78, 5) is 43.7. The molecule has 0 atom stereocenters. The summed E-state index contributed by atoms with van der Waals surface area (Å²) in [6, 6.07) is 15.8. The molecule has 1 fully saturated rings. The Bertz CT molecular complexity index is 1650. The second-order valence-corrected chi connectivity index (χ2v) is 11.2. The summed E-state index contributed by atoms with van der Waals surface area (Å²) in [6.45, 7) is 0. The van der Waals surface area contributed by atoms with Crippen molar-refractivity contribution >= 4 is 90.9 Å². The Kier molecular flexibility index (Phi) is 6.93. The average molecular weight is 570 g/mol. The van der Waals surface area contributed by atoms with Crippen LogP contribution >= 0.6 is 46.5 Å². The zero-order valence-electron chi connectivity index (χ0n) is 18.3. The molecule has 0 bridgehead atoms. The van der Waals surface area contributed by atoms with Gasteiger partial charge in [-0.25, -0.2) is 9.98 Å². The molecule has 1 amide bonds. The fourth-order valence-corrected chi connectivity index (χ4v) is 6.37. The van der Waals surface area contributed by atoms with Crippen molar-refractivity contribution in [2.75, 3.05) is 0 Å². The monoisotopic (exact) mass is 569 g/mol. The quantitative estimate of drug-likeness (QED) is 0.152. The number of hydrogen-bond donors (Lipinski definition) is 1. The third kappa shape index (κ3) is 5.64. The number of thiazole rings is 1. The number of rotatable bonds is 6. The minimum absolute atomic E-state index is 0.0498. The van der Waals surface area contributed by atoms with Gasteiger partial charge < -0.3 is 5.32 Å². The van der Waals surface area contributed by atoms with E-state index in [0.29, 0.717) is 45.8 Å². The van der Waals surface area contributed by atoms with E-state index in [0.717, 1.165) is 23.5 Å². The molecule has 10 nitrogen and oxygen atoms in total. The number of thioether (sulfide) groups is 1. The van der Waals surface area contributed by atoms with Crippen molar-refractivity contribution in [2.24, 2.45) is 4.99 Å². The van der Waals surface area contributed by atoms with E-state index in [1.807, 2.05) is 0 Å². The van der Waals surface area contributed by atoms with Gasteiger partial charge in [-0.15, -0.1) is 11.3 Å². The van der Waals surface area contributed by atoms with Gasteiger partial charge >= 0.3 is 0 Å². The molecule has 0 spiro atoms. The predicted octanol–water partition coefficient (Wildman–Crippen LogP) is 6.81. The van der Waals surface area contributed by atoms with Gasteiger partial charge in [-0.2, -0.15) is 0 Å². The summed E-state index contributed by atoms with van der Waals surface area (Å²) in [5.74, 6) is -0.359. The summed E-state index contributed by atoms with van der Waals surface area (Å²) in [7, 11) is 0. The summed E-state index contributed by atoms with van der Waals surface area (Å²) in [5, 5.41) is 26.5. The Morgan fingerprint density at radius 2 is 1.81 bits per heavy atom. The molecule has 0 aliphatic carbocycles. The first-order valence-electron chi connectivity index (χ1n) is 10.3. The Morgan fingerprint density at radius 3 is 2.54 bits per heavy atom. The number of carbonyl (C=O) groups excluding carboxylic acids is 1. The minimum Gasteiger partial charge on any atom is -0.300 e. The maximum Gasteiger partial charge on any atom is 0.283 e. The SMILES string of the molecule is O=C1NC(=Nc2ccc(Cl)cc2)S/C1=C\c1ccc(Sc2nc3ccc([N+](=O)[O-])cc3s2)c([N+](=O)[O-])c1. The number of benzene rings is 3. The van der Waals surface area contributed by atoms with Crippen LogP contribution in [-0.2, 0) is 4.79 Å². The molecule has 5 rings (SSSR count). The molecule has 1 aliphatic rings. The zero-order chi connectivity index (χ0) is 26.1. The van der Waals surface area contributed by atoms with Crippen LogP contribution in [0.15, 0.2) is 79.8 Å². The fraction of sp³-hybridized carbons (Fsp3) is 0. The molecule has 184 valence electrons. The molecule has 1 saturated heterocycles. The molecule has 4 aromatic rings. The highest BCUT2D eigenvalue weighted by atomic mass is 35.5. The van der Waals surface area contributed by atoms with E-state index in [9.17, 15) is 25.0 Å². The topological polar surface area (TPSA) is 141 Å². The molecule has 0 radical (unpaired) electrons. The summed E-state index contributed by atoms with van der Waals surface area (Å²) in [6.07, 6.45) is 1.56. The highest BCUT2D eigenvalue weighted by Crippen LogP contribution is 2.40. The van der Waals surface area contributed by atoms with E-state index in [2.05, 4.69) is 15.3 Å². The van der Waals surface area contributed by atoms with Crippen molar-refractivity contribution in [1.29, 1.82) is 0 Å². The Morgan fingerprint density at radius 1 is 1.03 bits per heavy atom. The average Bonchev–Trinajstić information content (AvgIpc) is 3.42. The molecular formula is C23H12ClN5O5S3. The molecule has 1 aromatic heterocycles. The first-order valence-corrected chi connectivity index (χ1v) is 13.1. The first kappa shape index (κ1) is 24.9. The number of non-ortho nitro benzene ring substituents is 1. The highest BCUT2D eigenvalue weighted by Gasteiger charge is 2.25. The number of carbonyl (C=O) groups is 1. The van der Waals surface area contributed by atoms with Gasteiger partial charge in [0.05, 0.1) is 35.6 Å². The van der Waals surface area contributed by atoms with Crippen molar-refractivity contribution in [2.45, 2.75) is 9.24 Å². The van der Waals surface area contributed by atoms with Crippen LogP contribution in [0, 0.1) is 20.2 Å². The number of nitro groups is 2. The molecule has 3 aromatic carbocycles. The molecular weight excluding hydrogens is 558 g/mol. The van der Waals surface area contributed by atoms with E-state index in [1.165, 1.54) is 29.5 Å². The van der Waals surface area contributed by atoms with Gasteiger partial charge in [0, 0.05) is 23.2 Å². The lowest BCUT2D eigenvalue weighted by Gasteiger charge is -2.02. The largest absolute Gasteiger partial charge is 0.300 e. The molecule has 0 unspecified atom stereocenters. The normalized spacial score (nSPS) is 15.4. The van der Waals surface area contributed by atoms with E-state index < -0.39 is 9.85 Å². The second kappa shape index (κ2) is 10.3. The van der Waals surface area contributed by atoms with E-state index in [-0.39, 0.29) is 17.3 Å². The molecule has 2 heterocycles. The van der Waals surface area contributed by atoms with E-state index in [4.69, 9.17) is 11.6 Å². The second-order valence-electron chi connectivity index (χ2n) is 7.43. The highest BCUT2D eigenvalue weighted by molar-refractivity contribution is 8.18. The lowest BCUT2D eigenvalue weighted by Crippen LogP contribution is -2.19. The third-order valence-electron chi connectivity index (χ3n) is 4.95. The van der Waals surface area contributed by atoms with Crippen LogP contribution in [0.3, 0.4) is 0 Å². The standard InChI is InChI=1S/C23H12ClN5O5S3/c24-13-2-4-14(5-3-13)25-22-27-21(30)20(35-22)10-12-1-8-18(17(9-12)29(33)34)36-23-26-16-7-6-15(28(31)32)11-19(16)37-23/h1-11H,(H,25,27,30)/b20-10-. The Hall–Kier alpha value is -3.78. The van der Waals surface area contributed by atoms with Gasteiger partial charge in [0.1, 0.15) is 0 Å². The molecule has 37 heavy (non-hydrogen) atoms. The number of amidine groups is 1. The number of aromatic nitrogens is 1. The van der Waals surface area contributed by atoms with Crippen LogP contribution in [0.25, 0.3) is 16.3 Å². The van der Waals surface area contributed by atoms with Crippen molar-refractivity contribution in [1.82, 2.24) is 10.3 Å². The fourth-order valence-electron chi connectivity index (χ4n) is 3.26. The number of halogens is 1. The van der Waals surface area contributed by atoms with Crippen molar-refractivity contribution in [3.05, 3.63) is 96.4 Å². The summed E-state index contributed by atoms with van der Waals surface area (Å²) < 4.78 is 1.12. The molecule has 14 heteroatoms. The van der Waals surface area contributed by atoms with Gasteiger partial charge in [-0.3, -0.25) is 25.0 Å². The molecule has 1 aliphatic heterocycles.